The highest BCUT2D eigenvalue weighted by molar-refractivity contribution is 7.86. The zero-order valence-corrected chi connectivity index (χ0v) is 13.1. The van der Waals surface area contributed by atoms with Gasteiger partial charge in [-0.25, -0.2) is 0 Å². The fourth-order valence-corrected chi connectivity index (χ4v) is 6.05. The number of rotatable bonds is 2. The van der Waals surface area contributed by atoms with Gasteiger partial charge in [-0.15, -0.1) is 0 Å². The van der Waals surface area contributed by atoms with E-state index < -0.39 is 16.4 Å². The molecule has 1 aromatic carbocycles. The van der Waals surface area contributed by atoms with Gasteiger partial charge in [0.2, 0.25) is 0 Å². The topological polar surface area (TPSA) is 63.3 Å². The van der Waals surface area contributed by atoms with Crippen LogP contribution < -0.4 is 0 Å². The monoisotopic (exact) mass is 317 g/mol. The Kier molecular flexibility index (Phi) is 3.42. The minimum Gasteiger partial charge on any atom is -0.385 e. The highest BCUT2D eigenvalue weighted by atomic mass is 32.2. The van der Waals surface area contributed by atoms with Crippen LogP contribution in [0.2, 0.25) is 0 Å². The smallest absolute Gasteiger partial charge is 0.166 e. The van der Waals surface area contributed by atoms with Gasteiger partial charge in [0.05, 0.1) is 11.8 Å². The molecular formula is C17H19NO3S. The van der Waals surface area contributed by atoms with E-state index in [2.05, 4.69) is 5.16 Å². The van der Waals surface area contributed by atoms with Crippen LogP contribution in [0.25, 0.3) is 11.3 Å². The molecule has 2 fully saturated rings. The molecule has 1 aromatic heterocycles. The van der Waals surface area contributed by atoms with Crippen LogP contribution in [0, 0.1) is 0 Å². The van der Waals surface area contributed by atoms with Gasteiger partial charge in [-0.05, 0) is 31.2 Å². The number of aliphatic hydroxyl groups is 1. The molecule has 0 aliphatic carbocycles. The van der Waals surface area contributed by atoms with Crippen molar-refractivity contribution in [1.82, 2.24) is 5.16 Å². The van der Waals surface area contributed by atoms with Gasteiger partial charge < -0.3 is 9.63 Å². The van der Waals surface area contributed by atoms with Gasteiger partial charge in [0.15, 0.2) is 5.76 Å². The lowest BCUT2D eigenvalue weighted by molar-refractivity contribution is 0.00655. The molecule has 2 bridgehead atoms. The maximum Gasteiger partial charge on any atom is 0.166 e. The molecule has 2 saturated heterocycles. The molecule has 3 heterocycles. The summed E-state index contributed by atoms with van der Waals surface area (Å²) < 4.78 is 17.5. The van der Waals surface area contributed by atoms with E-state index in [1.807, 2.05) is 30.3 Å². The Balaban J connectivity index is 1.62. The van der Waals surface area contributed by atoms with Crippen LogP contribution in [-0.4, -0.2) is 25.0 Å². The van der Waals surface area contributed by atoms with Crippen molar-refractivity contribution in [2.45, 2.75) is 48.2 Å². The maximum absolute atomic E-state index is 12.3. The van der Waals surface area contributed by atoms with Gasteiger partial charge in [-0.1, -0.05) is 35.8 Å². The normalized spacial score (nSPS) is 34.5. The first-order valence-corrected chi connectivity index (χ1v) is 9.07. The van der Waals surface area contributed by atoms with Crippen LogP contribution in [0.4, 0.5) is 0 Å². The predicted octanol–water partition coefficient (Wildman–Crippen LogP) is 2.99. The van der Waals surface area contributed by atoms with E-state index in [4.69, 9.17) is 4.52 Å². The second-order valence-corrected chi connectivity index (χ2v) is 8.39. The van der Waals surface area contributed by atoms with Crippen LogP contribution in [0.15, 0.2) is 41.1 Å². The van der Waals surface area contributed by atoms with E-state index >= 15 is 0 Å². The third kappa shape index (κ3) is 2.32. The average Bonchev–Trinajstić information content (AvgIpc) is 3.04. The van der Waals surface area contributed by atoms with E-state index in [1.54, 1.807) is 6.20 Å². The third-order valence-electron chi connectivity index (χ3n) is 4.98. The summed E-state index contributed by atoms with van der Waals surface area (Å²) in [7, 11) is -0.768. The Morgan fingerprint density at radius 1 is 1.14 bits per heavy atom. The third-order valence-corrected chi connectivity index (χ3v) is 7.10. The molecule has 0 spiro atoms. The molecule has 1 N–H and O–H groups in total. The number of aromatic nitrogens is 1. The van der Waals surface area contributed by atoms with Gasteiger partial charge >= 0.3 is 0 Å². The van der Waals surface area contributed by atoms with Crippen molar-refractivity contribution in [3.05, 3.63) is 42.1 Å². The zero-order valence-electron chi connectivity index (χ0n) is 12.3. The van der Waals surface area contributed by atoms with Crippen LogP contribution >= 0.6 is 0 Å². The molecular weight excluding hydrogens is 298 g/mol. The van der Waals surface area contributed by atoms with E-state index in [1.165, 1.54) is 0 Å². The summed E-state index contributed by atoms with van der Waals surface area (Å²) in [6, 6.07) is 9.64. The molecule has 0 radical (unpaired) electrons. The first kappa shape index (κ1) is 14.2. The van der Waals surface area contributed by atoms with Crippen molar-refractivity contribution in [2.75, 3.05) is 0 Å². The number of hydrogen-bond acceptors (Lipinski definition) is 4. The van der Waals surface area contributed by atoms with Crippen molar-refractivity contribution in [2.24, 2.45) is 0 Å². The van der Waals surface area contributed by atoms with Crippen LogP contribution in [0.1, 0.15) is 37.7 Å². The Hall–Kier alpha value is -1.46. The van der Waals surface area contributed by atoms with Gasteiger partial charge in [0.1, 0.15) is 0 Å². The van der Waals surface area contributed by atoms with Crippen molar-refractivity contribution in [3.63, 3.8) is 0 Å². The summed E-state index contributed by atoms with van der Waals surface area (Å²) in [5.41, 5.74) is 1.03. The second kappa shape index (κ2) is 5.32. The Bertz CT molecular complexity index is 664. The Labute approximate surface area is 132 Å². The molecule has 2 aliphatic heterocycles. The molecule has 22 heavy (non-hydrogen) atoms. The number of nitrogens with zero attached hydrogens (tertiary/aromatic N) is 1. The average molecular weight is 317 g/mol. The van der Waals surface area contributed by atoms with E-state index in [9.17, 15) is 9.32 Å². The SMILES string of the molecule is O=S1C2CCCC1CC(O)(c1ccc(-c3ccno3)cc1)C2. The summed E-state index contributed by atoms with van der Waals surface area (Å²) >= 11 is 0. The van der Waals surface area contributed by atoms with Crippen molar-refractivity contribution in [3.8, 4) is 11.3 Å². The first-order chi connectivity index (χ1) is 10.7. The molecule has 0 saturated carbocycles. The standard InChI is InChI=1S/C17H19NO3S/c19-17(10-14-2-1-3-15(11-17)22(14)20)13-6-4-12(5-7-13)16-8-9-18-21-16/h4-9,14-15,19H,1-3,10-11H2. The summed E-state index contributed by atoms with van der Waals surface area (Å²) in [5, 5.41) is 15.1. The Morgan fingerprint density at radius 2 is 1.82 bits per heavy atom. The minimum absolute atomic E-state index is 0.145. The molecule has 4 nitrogen and oxygen atoms in total. The van der Waals surface area contributed by atoms with E-state index in [0.717, 1.165) is 36.1 Å². The molecule has 4 rings (SSSR count). The molecule has 2 unspecified atom stereocenters. The highest BCUT2D eigenvalue weighted by Crippen LogP contribution is 2.44. The predicted molar refractivity (Wildman–Crippen MR) is 84.6 cm³/mol. The first-order valence-electron chi connectivity index (χ1n) is 7.79. The number of hydrogen-bond donors (Lipinski definition) is 1. The van der Waals surface area contributed by atoms with Crippen molar-refractivity contribution in [1.29, 1.82) is 0 Å². The quantitative estimate of drug-likeness (QED) is 0.925. The van der Waals surface area contributed by atoms with Crippen LogP contribution in [-0.2, 0) is 16.4 Å². The van der Waals surface area contributed by atoms with Crippen LogP contribution in [0.5, 0.6) is 0 Å². The minimum atomic E-state index is -0.844. The summed E-state index contributed by atoms with van der Waals surface area (Å²) in [6.45, 7) is 0. The lowest BCUT2D eigenvalue weighted by atomic mass is 9.80. The van der Waals surface area contributed by atoms with Gasteiger partial charge in [-0.2, -0.15) is 0 Å². The van der Waals surface area contributed by atoms with Crippen LogP contribution in [0.3, 0.4) is 0 Å². The summed E-state index contributed by atoms with van der Waals surface area (Å²) in [4.78, 5) is 0. The molecule has 0 amide bonds. The molecule has 2 aliphatic rings. The van der Waals surface area contributed by atoms with Crippen molar-refractivity contribution < 1.29 is 13.8 Å². The van der Waals surface area contributed by atoms with E-state index in [-0.39, 0.29) is 10.5 Å². The molecule has 2 atom stereocenters. The largest absolute Gasteiger partial charge is 0.385 e. The second-order valence-electron chi connectivity index (χ2n) is 6.40. The lowest BCUT2D eigenvalue weighted by Gasteiger charge is -2.43. The molecule has 5 heteroatoms. The van der Waals surface area contributed by atoms with Gasteiger partial charge in [0, 0.05) is 32.9 Å². The van der Waals surface area contributed by atoms with Crippen molar-refractivity contribution >= 4 is 10.8 Å². The lowest BCUT2D eigenvalue weighted by Crippen LogP contribution is -2.47. The van der Waals surface area contributed by atoms with E-state index in [0.29, 0.717) is 12.8 Å². The molecule has 116 valence electrons. The fraction of sp³-hybridized carbons (Fsp3) is 0.471. The summed E-state index contributed by atoms with van der Waals surface area (Å²) in [5.74, 6) is 0.722. The zero-order chi connectivity index (χ0) is 15.2. The summed E-state index contributed by atoms with van der Waals surface area (Å²) in [6.07, 6.45) is 5.93. The fourth-order valence-electron chi connectivity index (χ4n) is 3.83. The molecule has 2 aromatic rings. The maximum atomic E-state index is 12.3. The number of fused-ring (bicyclic) bond motifs is 2. The van der Waals surface area contributed by atoms with Gasteiger partial charge in [-0.3, -0.25) is 4.21 Å². The highest BCUT2D eigenvalue weighted by Gasteiger charge is 2.46. The van der Waals surface area contributed by atoms with Gasteiger partial charge in [0.25, 0.3) is 0 Å². The Morgan fingerprint density at radius 3 is 2.41 bits per heavy atom. The number of benzene rings is 1.